The van der Waals surface area contributed by atoms with E-state index in [0.717, 1.165) is 11.1 Å². The number of hydrogen-bond acceptors (Lipinski definition) is 5. The lowest BCUT2D eigenvalue weighted by Gasteiger charge is -2.06. The average Bonchev–Trinajstić information content (AvgIpc) is 3.16. The molecule has 1 aromatic carbocycles. The van der Waals surface area contributed by atoms with Gasteiger partial charge in [-0.05, 0) is 24.1 Å². The molecule has 0 unspecified atom stereocenters. The van der Waals surface area contributed by atoms with Gasteiger partial charge in [-0.1, -0.05) is 36.4 Å². The highest BCUT2D eigenvalue weighted by atomic mass is 16.5. The molecule has 0 atom stereocenters. The first-order chi connectivity index (χ1) is 13.6. The third-order valence-electron chi connectivity index (χ3n) is 4.35. The molecule has 7 heteroatoms. The van der Waals surface area contributed by atoms with Gasteiger partial charge in [0.1, 0.15) is 12.3 Å². The lowest BCUT2D eigenvalue weighted by atomic mass is 10.2. The Labute approximate surface area is 160 Å². The Bertz CT molecular complexity index is 1200. The fraction of sp³-hybridized carbons (Fsp3) is 0.143. The van der Waals surface area contributed by atoms with Crippen LogP contribution in [-0.2, 0) is 17.9 Å². The summed E-state index contributed by atoms with van der Waals surface area (Å²) in [4.78, 5) is 29.0. The van der Waals surface area contributed by atoms with Gasteiger partial charge < -0.3 is 4.74 Å². The van der Waals surface area contributed by atoms with Crippen LogP contribution in [0.5, 0.6) is 0 Å². The van der Waals surface area contributed by atoms with Crippen molar-refractivity contribution in [3.8, 4) is 0 Å². The van der Waals surface area contributed by atoms with Crippen LogP contribution in [0.1, 0.15) is 27.2 Å². The predicted octanol–water partition coefficient (Wildman–Crippen LogP) is 2.60. The van der Waals surface area contributed by atoms with Gasteiger partial charge in [0.15, 0.2) is 0 Å². The number of hydrogen-bond donors (Lipinski definition) is 0. The molecule has 0 saturated heterocycles. The smallest absolute Gasteiger partial charge is 0.341 e. The number of nitrogens with zero attached hydrogens (tertiary/aromatic N) is 4. The Balaban J connectivity index is 1.46. The Morgan fingerprint density at radius 1 is 1.14 bits per heavy atom. The zero-order valence-electron chi connectivity index (χ0n) is 15.3. The Hall–Kier alpha value is -3.74. The molecular weight excluding hydrogens is 356 g/mol. The summed E-state index contributed by atoms with van der Waals surface area (Å²) in [6, 6.07) is 14.9. The number of pyridine rings is 1. The van der Waals surface area contributed by atoms with Crippen LogP contribution in [-0.4, -0.2) is 25.1 Å². The van der Waals surface area contributed by atoms with Gasteiger partial charge in [-0.3, -0.25) is 13.9 Å². The summed E-state index contributed by atoms with van der Waals surface area (Å²) in [5.74, 6) is -0.508. The van der Waals surface area contributed by atoms with Gasteiger partial charge in [0.25, 0.3) is 5.56 Å². The van der Waals surface area contributed by atoms with Crippen LogP contribution in [0.25, 0.3) is 5.65 Å². The fourth-order valence-corrected chi connectivity index (χ4v) is 2.93. The van der Waals surface area contributed by atoms with Crippen molar-refractivity contribution in [1.29, 1.82) is 0 Å². The topological polar surface area (TPSA) is 78.5 Å². The van der Waals surface area contributed by atoms with Crippen LogP contribution >= 0.6 is 0 Å². The third-order valence-corrected chi connectivity index (χ3v) is 4.35. The maximum absolute atomic E-state index is 12.3. The minimum atomic E-state index is -0.508. The lowest BCUT2D eigenvalue weighted by Crippen LogP contribution is -2.17. The first-order valence-electron chi connectivity index (χ1n) is 8.81. The first kappa shape index (κ1) is 17.7. The van der Waals surface area contributed by atoms with E-state index in [1.807, 2.05) is 43.3 Å². The van der Waals surface area contributed by atoms with Crippen molar-refractivity contribution in [1.82, 2.24) is 19.2 Å². The molecule has 4 aromatic rings. The first-order valence-corrected chi connectivity index (χ1v) is 8.81. The van der Waals surface area contributed by atoms with Crippen molar-refractivity contribution in [3.63, 3.8) is 0 Å². The van der Waals surface area contributed by atoms with Crippen molar-refractivity contribution >= 4 is 11.6 Å². The van der Waals surface area contributed by atoms with Crippen molar-refractivity contribution < 1.29 is 9.53 Å². The molecule has 3 aromatic heterocycles. The van der Waals surface area contributed by atoms with E-state index >= 15 is 0 Å². The summed E-state index contributed by atoms with van der Waals surface area (Å²) in [5, 5.41) is 4.20. The zero-order valence-corrected chi connectivity index (χ0v) is 15.3. The van der Waals surface area contributed by atoms with Crippen molar-refractivity contribution in [3.05, 3.63) is 99.9 Å². The van der Waals surface area contributed by atoms with E-state index in [4.69, 9.17) is 4.74 Å². The van der Waals surface area contributed by atoms with Crippen LogP contribution in [0, 0.1) is 6.92 Å². The van der Waals surface area contributed by atoms with Gasteiger partial charge in [0, 0.05) is 18.5 Å². The standard InChI is InChI=1S/C21H18N4O3/c1-15-6-5-9-25-19(26)10-18(23-20(15)25)14-28-21(27)17-11-22-24(13-17)12-16-7-3-2-4-8-16/h2-11,13H,12,14H2,1H3. The van der Waals surface area contributed by atoms with E-state index in [2.05, 4.69) is 10.1 Å². The molecule has 0 N–H and O–H groups in total. The van der Waals surface area contributed by atoms with Gasteiger partial charge >= 0.3 is 5.97 Å². The highest BCUT2D eigenvalue weighted by Gasteiger charge is 2.12. The molecule has 28 heavy (non-hydrogen) atoms. The number of ether oxygens (including phenoxy) is 1. The molecule has 7 nitrogen and oxygen atoms in total. The van der Waals surface area contributed by atoms with Gasteiger partial charge in [-0.25, -0.2) is 9.78 Å². The van der Waals surface area contributed by atoms with Crippen LogP contribution in [0.4, 0.5) is 0 Å². The Kier molecular flexibility index (Phi) is 4.72. The Morgan fingerprint density at radius 3 is 2.79 bits per heavy atom. The van der Waals surface area contributed by atoms with Crippen LogP contribution in [0.3, 0.4) is 0 Å². The highest BCUT2D eigenvalue weighted by molar-refractivity contribution is 5.88. The van der Waals surface area contributed by atoms with E-state index in [1.165, 1.54) is 16.7 Å². The average molecular weight is 374 g/mol. The molecule has 0 aliphatic heterocycles. The zero-order chi connectivity index (χ0) is 19.5. The summed E-state index contributed by atoms with van der Waals surface area (Å²) >= 11 is 0. The molecule has 0 spiro atoms. The van der Waals surface area contributed by atoms with Gasteiger partial charge in [0.05, 0.1) is 24.0 Å². The maximum atomic E-state index is 12.3. The monoisotopic (exact) mass is 374 g/mol. The summed E-state index contributed by atoms with van der Waals surface area (Å²) < 4.78 is 8.46. The molecule has 0 bridgehead atoms. The van der Waals surface area contributed by atoms with Crippen molar-refractivity contribution in [2.24, 2.45) is 0 Å². The number of fused-ring (bicyclic) bond motifs is 1. The quantitative estimate of drug-likeness (QED) is 0.502. The minimum Gasteiger partial charge on any atom is -0.455 e. The normalized spacial score (nSPS) is 10.9. The third kappa shape index (κ3) is 3.68. The number of rotatable bonds is 5. The molecule has 0 aliphatic rings. The minimum absolute atomic E-state index is 0.0806. The van der Waals surface area contributed by atoms with Crippen molar-refractivity contribution in [2.75, 3.05) is 0 Å². The molecule has 140 valence electrons. The summed E-state index contributed by atoms with van der Waals surface area (Å²) in [5.41, 5.74) is 3.05. The molecule has 0 amide bonds. The predicted molar refractivity (Wildman–Crippen MR) is 103 cm³/mol. The molecule has 0 radical (unpaired) electrons. The van der Waals surface area contributed by atoms with E-state index in [9.17, 15) is 9.59 Å². The molecule has 3 heterocycles. The molecule has 4 rings (SSSR count). The van der Waals surface area contributed by atoms with Gasteiger partial charge in [-0.15, -0.1) is 0 Å². The van der Waals surface area contributed by atoms with Gasteiger partial charge in [-0.2, -0.15) is 5.10 Å². The van der Waals surface area contributed by atoms with E-state index in [-0.39, 0.29) is 12.2 Å². The van der Waals surface area contributed by atoms with Gasteiger partial charge in [0.2, 0.25) is 0 Å². The Morgan fingerprint density at radius 2 is 1.96 bits per heavy atom. The maximum Gasteiger partial charge on any atom is 0.341 e. The summed E-state index contributed by atoms with van der Waals surface area (Å²) in [6.45, 7) is 2.36. The highest BCUT2D eigenvalue weighted by Crippen LogP contribution is 2.09. The van der Waals surface area contributed by atoms with E-state index in [0.29, 0.717) is 23.4 Å². The second-order valence-electron chi connectivity index (χ2n) is 6.46. The SMILES string of the molecule is Cc1cccn2c(=O)cc(COC(=O)c3cnn(Cc4ccccc4)c3)nc12. The molecular formula is C21H18N4O3. The van der Waals surface area contributed by atoms with Crippen LogP contribution in [0.15, 0.2) is 71.9 Å². The van der Waals surface area contributed by atoms with Crippen LogP contribution in [0.2, 0.25) is 0 Å². The van der Waals surface area contributed by atoms with E-state index in [1.54, 1.807) is 23.1 Å². The molecule has 0 fully saturated rings. The second kappa shape index (κ2) is 7.48. The molecule has 0 aliphatic carbocycles. The number of aromatic nitrogens is 4. The number of carbonyl (C=O) groups is 1. The number of carbonyl (C=O) groups excluding carboxylic acids is 1. The van der Waals surface area contributed by atoms with Crippen LogP contribution < -0.4 is 5.56 Å². The van der Waals surface area contributed by atoms with E-state index < -0.39 is 5.97 Å². The summed E-state index contributed by atoms with van der Waals surface area (Å²) in [7, 11) is 0. The largest absolute Gasteiger partial charge is 0.455 e. The molecule has 0 saturated carbocycles. The second-order valence-corrected chi connectivity index (χ2v) is 6.46. The number of aryl methyl sites for hydroxylation is 1. The number of benzene rings is 1. The van der Waals surface area contributed by atoms with Crippen molar-refractivity contribution in [2.45, 2.75) is 20.1 Å². The lowest BCUT2D eigenvalue weighted by molar-refractivity contribution is 0.0467. The number of esters is 1. The summed E-state index contributed by atoms with van der Waals surface area (Å²) in [6.07, 6.45) is 4.77. The fourth-order valence-electron chi connectivity index (χ4n) is 2.93.